The fourth-order valence-electron chi connectivity index (χ4n) is 2.13. The zero-order chi connectivity index (χ0) is 15.4. The zero-order valence-corrected chi connectivity index (χ0v) is 12.4. The minimum Gasteiger partial charge on any atom is -0.321 e. The van der Waals surface area contributed by atoms with Crippen LogP contribution in [0.15, 0.2) is 66.9 Å². The van der Waals surface area contributed by atoms with Crippen molar-refractivity contribution in [3.05, 3.63) is 77.5 Å². The number of amides is 1. The highest BCUT2D eigenvalue weighted by molar-refractivity contribution is 6.30. The molecule has 4 heteroatoms. The van der Waals surface area contributed by atoms with E-state index in [2.05, 4.69) is 10.3 Å². The van der Waals surface area contributed by atoms with Gasteiger partial charge in [0.15, 0.2) is 0 Å². The lowest BCUT2D eigenvalue weighted by Gasteiger charge is -2.05. The quantitative estimate of drug-likeness (QED) is 0.722. The van der Waals surface area contributed by atoms with E-state index in [1.807, 2.05) is 42.5 Å². The van der Waals surface area contributed by atoms with Gasteiger partial charge in [0.05, 0.1) is 11.2 Å². The average molecular weight is 309 g/mol. The van der Waals surface area contributed by atoms with Crippen LogP contribution in [0.5, 0.6) is 0 Å². The number of carbonyl (C=O) groups excluding carboxylic acids is 1. The maximum absolute atomic E-state index is 12.0. The van der Waals surface area contributed by atoms with Crippen molar-refractivity contribution in [2.45, 2.75) is 0 Å². The molecule has 22 heavy (non-hydrogen) atoms. The van der Waals surface area contributed by atoms with Gasteiger partial charge in [0.25, 0.3) is 0 Å². The van der Waals surface area contributed by atoms with Gasteiger partial charge in [0, 0.05) is 22.7 Å². The lowest BCUT2D eigenvalue weighted by Crippen LogP contribution is -2.08. The largest absolute Gasteiger partial charge is 0.321 e. The van der Waals surface area contributed by atoms with Crippen LogP contribution >= 0.6 is 11.6 Å². The number of rotatable bonds is 3. The number of halogens is 1. The van der Waals surface area contributed by atoms with Crippen molar-refractivity contribution < 1.29 is 4.79 Å². The summed E-state index contributed by atoms with van der Waals surface area (Å²) in [5.41, 5.74) is 2.39. The van der Waals surface area contributed by atoms with Crippen molar-refractivity contribution in [3.8, 4) is 0 Å². The van der Waals surface area contributed by atoms with E-state index in [4.69, 9.17) is 11.6 Å². The number of aromatic nitrogens is 1. The molecule has 3 nitrogen and oxygen atoms in total. The number of nitrogens with one attached hydrogen (secondary N) is 1. The van der Waals surface area contributed by atoms with Gasteiger partial charge in [-0.3, -0.25) is 9.78 Å². The van der Waals surface area contributed by atoms with Gasteiger partial charge in [0.1, 0.15) is 0 Å². The number of fused-ring (bicyclic) bond motifs is 1. The summed E-state index contributed by atoms with van der Waals surface area (Å²) in [6.07, 6.45) is 4.94. The fourth-order valence-corrected chi connectivity index (χ4v) is 2.25. The first-order chi connectivity index (χ1) is 10.7. The Hall–Kier alpha value is -2.65. The lowest BCUT2D eigenvalue weighted by molar-refractivity contribution is -0.111. The number of nitrogens with zero attached hydrogens (tertiary/aromatic N) is 1. The van der Waals surface area contributed by atoms with Gasteiger partial charge in [-0.15, -0.1) is 0 Å². The molecule has 0 aliphatic heterocycles. The Labute approximate surface area is 133 Å². The van der Waals surface area contributed by atoms with Crippen molar-refractivity contribution in [2.24, 2.45) is 0 Å². The number of hydrogen-bond donors (Lipinski definition) is 1. The van der Waals surface area contributed by atoms with Crippen LogP contribution in [0.2, 0.25) is 5.02 Å². The van der Waals surface area contributed by atoms with E-state index >= 15 is 0 Å². The number of hydrogen-bond acceptors (Lipinski definition) is 2. The Morgan fingerprint density at radius 2 is 1.82 bits per heavy atom. The van der Waals surface area contributed by atoms with Crippen LogP contribution in [-0.2, 0) is 4.79 Å². The minimum atomic E-state index is -0.201. The molecule has 0 radical (unpaired) electrons. The maximum Gasteiger partial charge on any atom is 0.248 e. The molecule has 2 aromatic carbocycles. The number of carbonyl (C=O) groups is 1. The molecule has 1 aromatic heterocycles. The Kier molecular flexibility index (Phi) is 4.17. The van der Waals surface area contributed by atoms with Gasteiger partial charge in [0.2, 0.25) is 5.91 Å². The molecule has 108 valence electrons. The van der Waals surface area contributed by atoms with Crippen LogP contribution in [-0.4, -0.2) is 10.9 Å². The number of anilines is 1. The third-order valence-corrected chi connectivity index (χ3v) is 3.44. The molecule has 0 spiro atoms. The highest BCUT2D eigenvalue weighted by Crippen LogP contribution is 2.20. The summed E-state index contributed by atoms with van der Waals surface area (Å²) in [4.78, 5) is 16.4. The Morgan fingerprint density at radius 3 is 2.64 bits per heavy atom. The molecular weight excluding hydrogens is 296 g/mol. The fraction of sp³-hybridized carbons (Fsp3) is 0. The Bertz CT molecular complexity index is 836. The summed E-state index contributed by atoms with van der Waals surface area (Å²) in [7, 11) is 0. The molecule has 0 bridgehead atoms. The van der Waals surface area contributed by atoms with Crippen molar-refractivity contribution in [1.82, 2.24) is 4.98 Å². The molecule has 0 aliphatic carbocycles. The van der Waals surface area contributed by atoms with Crippen molar-refractivity contribution in [1.29, 1.82) is 0 Å². The average Bonchev–Trinajstić information content (AvgIpc) is 2.55. The summed E-state index contributed by atoms with van der Waals surface area (Å²) >= 11 is 5.83. The predicted octanol–water partition coefficient (Wildman–Crippen LogP) is 4.54. The lowest BCUT2D eigenvalue weighted by atomic mass is 10.2. The van der Waals surface area contributed by atoms with Gasteiger partial charge >= 0.3 is 0 Å². The third-order valence-electron chi connectivity index (χ3n) is 3.19. The van der Waals surface area contributed by atoms with E-state index in [1.54, 1.807) is 24.4 Å². The normalized spacial score (nSPS) is 11.0. The Morgan fingerprint density at radius 1 is 1.05 bits per heavy atom. The molecule has 0 fully saturated rings. The van der Waals surface area contributed by atoms with Crippen molar-refractivity contribution in [2.75, 3.05) is 5.32 Å². The number of pyridine rings is 1. The second kappa shape index (κ2) is 6.41. The van der Waals surface area contributed by atoms with E-state index < -0.39 is 0 Å². The van der Waals surface area contributed by atoms with Crippen LogP contribution < -0.4 is 5.32 Å². The van der Waals surface area contributed by atoms with Gasteiger partial charge in [-0.1, -0.05) is 41.9 Å². The van der Waals surface area contributed by atoms with E-state index in [-0.39, 0.29) is 5.91 Å². The molecule has 1 amide bonds. The second-order valence-electron chi connectivity index (χ2n) is 4.75. The van der Waals surface area contributed by atoms with Gasteiger partial charge in [-0.05, 0) is 35.9 Å². The van der Waals surface area contributed by atoms with Crippen molar-refractivity contribution >= 4 is 40.2 Å². The van der Waals surface area contributed by atoms with E-state index in [0.29, 0.717) is 10.7 Å². The van der Waals surface area contributed by atoms with Gasteiger partial charge in [-0.25, -0.2) is 0 Å². The van der Waals surface area contributed by atoms with Crippen LogP contribution in [0, 0.1) is 0 Å². The number of benzene rings is 2. The van der Waals surface area contributed by atoms with Gasteiger partial charge in [-0.2, -0.15) is 0 Å². The monoisotopic (exact) mass is 308 g/mol. The van der Waals surface area contributed by atoms with Gasteiger partial charge < -0.3 is 5.32 Å². The first-order valence-electron chi connectivity index (χ1n) is 6.81. The number of para-hydroxylation sites is 1. The smallest absolute Gasteiger partial charge is 0.248 e. The molecule has 0 unspecified atom stereocenters. The van der Waals surface area contributed by atoms with E-state index in [0.717, 1.165) is 16.5 Å². The molecule has 3 aromatic rings. The first-order valence-corrected chi connectivity index (χ1v) is 7.18. The molecule has 1 N–H and O–H groups in total. The molecule has 0 saturated heterocycles. The summed E-state index contributed by atoms with van der Waals surface area (Å²) in [5, 5.41) is 4.51. The molecule has 0 atom stereocenters. The standard InChI is InChI=1S/C18H13ClN2O/c19-15-9-6-13(7-10-15)8-11-17(22)21-16-5-1-3-14-4-2-12-20-18(14)16/h1-12H,(H,21,22)/b11-8-. The Balaban J connectivity index is 1.77. The van der Waals surface area contributed by atoms with E-state index in [1.165, 1.54) is 6.08 Å². The SMILES string of the molecule is O=C(/C=C\c1ccc(Cl)cc1)Nc1cccc2cccnc12. The maximum atomic E-state index is 12.0. The summed E-state index contributed by atoms with van der Waals surface area (Å²) in [6.45, 7) is 0. The molecule has 1 heterocycles. The van der Waals surface area contributed by atoms with Crippen molar-refractivity contribution in [3.63, 3.8) is 0 Å². The van der Waals surface area contributed by atoms with Crippen LogP contribution in [0.1, 0.15) is 5.56 Å². The van der Waals surface area contributed by atoms with Crippen LogP contribution in [0.25, 0.3) is 17.0 Å². The molecular formula is C18H13ClN2O. The third kappa shape index (κ3) is 3.32. The summed E-state index contributed by atoms with van der Waals surface area (Å²) in [5.74, 6) is -0.201. The minimum absolute atomic E-state index is 0.201. The predicted molar refractivity (Wildman–Crippen MR) is 90.9 cm³/mol. The second-order valence-corrected chi connectivity index (χ2v) is 5.19. The molecule has 0 aliphatic rings. The zero-order valence-electron chi connectivity index (χ0n) is 11.7. The van der Waals surface area contributed by atoms with Crippen LogP contribution in [0.4, 0.5) is 5.69 Å². The molecule has 3 rings (SSSR count). The first kappa shape index (κ1) is 14.3. The highest BCUT2D eigenvalue weighted by atomic mass is 35.5. The van der Waals surface area contributed by atoms with Crippen LogP contribution in [0.3, 0.4) is 0 Å². The molecule has 0 saturated carbocycles. The topological polar surface area (TPSA) is 42.0 Å². The highest BCUT2D eigenvalue weighted by Gasteiger charge is 2.03. The summed E-state index contributed by atoms with van der Waals surface area (Å²) in [6, 6.07) is 16.8. The summed E-state index contributed by atoms with van der Waals surface area (Å²) < 4.78 is 0. The van der Waals surface area contributed by atoms with E-state index in [9.17, 15) is 4.79 Å².